The van der Waals surface area contributed by atoms with Crippen molar-refractivity contribution < 1.29 is 11.3 Å². The standard InChI is InChI=1S/C7H7O.C5H5.Fe/c1-6-3-2-4-7(6)5-8;1-2-4-5-3-1;/h2-5H,1H3;1-5H;. The van der Waals surface area contributed by atoms with E-state index in [9.17, 15) is 4.79 Å². The van der Waals surface area contributed by atoms with Gasteiger partial charge in [0.2, 0.25) is 0 Å². The predicted molar refractivity (Wildman–Crippen MR) is 47.1 cm³/mol. The topological polar surface area (TPSA) is 17.1 Å². The van der Waals surface area contributed by atoms with Crippen LogP contribution in [0.2, 0.25) is 47.2 Å². The Hall–Kier alpha value is 0.189. The zero-order chi connectivity index (χ0) is 8.64. The van der Waals surface area contributed by atoms with Gasteiger partial charge in [0.15, 0.2) is 0 Å². The van der Waals surface area contributed by atoms with Gasteiger partial charge in [-0.25, -0.2) is 0 Å². The Morgan fingerprint density at radius 1 is 1.00 bits per heavy atom. The van der Waals surface area contributed by atoms with Crippen molar-refractivity contribution in [3.63, 3.8) is 0 Å². The van der Waals surface area contributed by atoms with E-state index < -0.39 is 6.51 Å². The van der Waals surface area contributed by atoms with Crippen molar-refractivity contribution >= 4 is 6.29 Å². The molecule has 10 aliphatic rings. The molecule has 0 N–H and O–H groups in total. The van der Waals surface area contributed by atoms with Gasteiger partial charge in [-0.05, 0) is 0 Å². The summed E-state index contributed by atoms with van der Waals surface area (Å²) in [6, 6.07) is 0. The number of fused-ring (bicyclic) bond motifs is 10. The van der Waals surface area contributed by atoms with E-state index in [1.54, 1.807) is 6.29 Å². The van der Waals surface area contributed by atoms with Gasteiger partial charge in [0.25, 0.3) is 0 Å². The summed E-state index contributed by atoms with van der Waals surface area (Å²) in [6.07, 6.45) is 1.58. The van der Waals surface area contributed by atoms with E-state index in [1.165, 1.54) is 33.7 Å². The Kier molecular flexibility index (Phi) is 0.0951. The Morgan fingerprint density at radius 3 is 1.64 bits per heavy atom. The fraction of sp³-hybridized carbons (Fsp3) is 0.917. The van der Waals surface area contributed by atoms with Crippen molar-refractivity contribution in [3.8, 4) is 0 Å². The Labute approximate surface area is 71.9 Å². The summed E-state index contributed by atoms with van der Waals surface area (Å²) in [5, 5.41) is 0. The van der Waals surface area contributed by atoms with Gasteiger partial charge in [0.05, 0.1) is 0 Å². The van der Waals surface area contributed by atoms with Crippen molar-refractivity contribution in [2.45, 2.75) is 54.1 Å². The van der Waals surface area contributed by atoms with Gasteiger partial charge in [-0.1, -0.05) is 0 Å². The third-order valence-electron chi connectivity index (χ3n) is 15.9. The second-order valence-corrected chi connectivity index (χ2v) is 33.8. The van der Waals surface area contributed by atoms with Gasteiger partial charge in [-0.2, -0.15) is 0 Å². The predicted octanol–water partition coefficient (Wildman–Crippen LogP) is 3.33. The maximum absolute atomic E-state index is 11.8. The molecule has 10 heterocycles. The van der Waals surface area contributed by atoms with Crippen LogP contribution in [0.1, 0.15) is 6.92 Å². The van der Waals surface area contributed by atoms with Crippen molar-refractivity contribution in [2.75, 3.05) is 0 Å². The van der Waals surface area contributed by atoms with Crippen molar-refractivity contribution in [2.24, 2.45) is 0 Å². The van der Waals surface area contributed by atoms with E-state index >= 15 is 0 Å². The average molecular weight is 228 g/mol. The van der Waals surface area contributed by atoms with Crippen LogP contribution in [0.4, 0.5) is 0 Å². The molecule has 10 rings (SSSR count). The number of carbonyl (C=O) groups is 1. The van der Waals surface area contributed by atoms with Crippen LogP contribution in [0.25, 0.3) is 0 Å². The zero-order valence-corrected chi connectivity index (χ0v) is 9.06. The Balaban J connectivity index is 2.07. The average Bonchev–Trinajstić information content (AvgIpc) is 3.11. The second-order valence-electron chi connectivity index (χ2n) is 10.3. The first-order valence-electron chi connectivity index (χ1n) is 6.17. The van der Waals surface area contributed by atoms with E-state index in [1.807, 2.05) is 0 Å². The SMILES string of the molecule is C[C]12[CH]3[CH]4[CH]5[C]1(C=O)[Fe]43521678[CH]2[CH]1[CH]6[CH]7[CH]28. The fourth-order valence-electron chi connectivity index (χ4n) is 18.1. The minimum atomic E-state index is -3.04. The summed E-state index contributed by atoms with van der Waals surface area (Å²) in [4.78, 5) is 22.0. The molecular weight excluding hydrogens is 216 g/mol. The molecule has 5 atom stereocenters. The minimum absolute atomic E-state index is 0.492. The van der Waals surface area contributed by atoms with E-state index in [-0.39, 0.29) is 0 Å². The molecule has 10 saturated heterocycles. The summed E-state index contributed by atoms with van der Waals surface area (Å²) < 4.78 is 1.26. The van der Waals surface area contributed by atoms with Crippen LogP contribution in [0.5, 0.6) is 0 Å². The number of rotatable bonds is 1. The molecule has 14 heavy (non-hydrogen) atoms. The van der Waals surface area contributed by atoms with Crippen LogP contribution < -0.4 is 0 Å². The van der Waals surface area contributed by atoms with Gasteiger partial charge in [-0.15, -0.1) is 0 Å². The monoisotopic (exact) mass is 228 g/mol. The molecule has 5 unspecified atom stereocenters. The molecule has 0 aromatic heterocycles. The van der Waals surface area contributed by atoms with Gasteiger partial charge in [0.1, 0.15) is 0 Å². The third kappa shape index (κ3) is 0.0288. The molecule has 10 aliphatic heterocycles. The van der Waals surface area contributed by atoms with E-state index in [0.29, 0.717) is 4.31 Å². The first-order chi connectivity index (χ1) is 6.50. The van der Waals surface area contributed by atoms with Gasteiger partial charge >= 0.3 is 71.7 Å². The van der Waals surface area contributed by atoms with Crippen LogP contribution in [0.3, 0.4) is 0 Å². The Bertz CT molecular complexity index is 917. The summed E-state index contributed by atoms with van der Waals surface area (Å²) in [7, 11) is 0. The summed E-state index contributed by atoms with van der Waals surface area (Å²) in [6.45, 7) is -0.413. The molecule has 0 saturated carbocycles. The first kappa shape index (κ1) is 4.59. The van der Waals surface area contributed by atoms with Crippen LogP contribution in [-0.4, -0.2) is 6.29 Å². The second kappa shape index (κ2) is 0.290. The number of hydrogen-bond donors (Lipinski definition) is 0. The van der Waals surface area contributed by atoms with Crippen LogP contribution in [0.15, 0.2) is 0 Å². The molecule has 0 aromatic rings. The summed E-state index contributed by atoms with van der Waals surface area (Å²) in [5.74, 6) is 0. The number of hydrogen-bond acceptors (Lipinski definition) is 1. The van der Waals surface area contributed by atoms with Crippen molar-refractivity contribution in [3.05, 3.63) is 0 Å². The fourth-order valence-corrected chi connectivity index (χ4v) is 94.5. The summed E-state index contributed by atoms with van der Waals surface area (Å²) in [5.41, 5.74) is 0. The van der Waals surface area contributed by atoms with E-state index in [2.05, 4.69) is 6.92 Å². The third-order valence-corrected chi connectivity index (χ3v) is 60.2. The van der Waals surface area contributed by atoms with E-state index in [0.717, 1.165) is 9.13 Å². The first-order valence-corrected chi connectivity index (χ1v) is 12.4. The molecule has 0 aliphatic carbocycles. The van der Waals surface area contributed by atoms with Crippen LogP contribution >= 0.6 is 0 Å². The molecule has 1 spiro atoms. The zero-order valence-electron chi connectivity index (χ0n) is 7.96. The molecule has 0 amide bonds. The molecule has 0 radical (unpaired) electrons. The van der Waals surface area contributed by atoms with Crippen molar-refractivity contribution in [1.82, 2.24) is 0 Å². The molecular formula is C12H12FeO. The molecule has 0 aromatic carbocycles. The van der Waals surface area contributed by atoms with Crippen molar-refractivity contribution in [1.29, 1.82) is 0 Å². The normalized spacial score (nSPS) is 147. The Morgan fingerprint density at radius 2 is 1.57 bits per heavy atom. The van der Waals surface area contributed by atoms with Gasteiger partial charge in [0, 0.05) is 0 Å². The molecule has 1 nitrogen and oxygen atoms in total. The summed E-state index contributed by atoms with van der Waals surface area (Å²) >= 11 is 0. The number of aldehydes is 1. The maximum atomic E-state index is 11.8. The quantitative estimate of drug-likeness (QED) is 0.496. The van der Waals surface area contributed by atoms with E-state index in [4.69, 9.17) is 0 Å². The number of carbonyl (C=O) groups excluding carboxylic acids is 1. The molecule has 10 fully saturated rings. The van der Waals surface area contributed by atoms with Gasteiger partial charge < -0.3 is 0 Å². The molecule has 74 valence electrons. The van der Waals surface area contributed by atoms with Crippen LogP contribution in [0, 0.1) is 0 Å². The van der Waals surface area contributed by atoms with Crippen LogP contribution in [-0.2, 0) is 11.3 Å². The van der Waals surface area contributed by atoms with Gasteiger partial charge in [-0.3, -0.25) is 0 Å². The molecule has 2 heteroatoms. The molecule has 0 bridgehead atoms.